The summed E-state index contributed by atoms with van der Waals surface area (Å²) in [4.78, 5) is 16.8. The second-order valence-electron chi connectivity index (χ2n) is 5.77. The maximum absolute atomic E-state index is 12.4. The molecule has 114 valence electrons. The number of nitrogens with zero attached hydrogens (tertiary/aromatic N) is 2. The van der Waals surface area contributed by atoms with Crippen molar-refractivity contribution in [2.75, 3.05) is 59.1 Å². The van der Waals surface area contributed by atoms with Crippen LogP contribution in [0.25, 0.3) is 0 Å². The Kier molecular flexibility index (Phi) is 4.88. The lowest BCUT2D eigenvalue weighted by Crippen LogP contribution is -2.57. The van der Waals surface area contributed by atoms with Gasteiger partial charge in [0.2, 0.25) is 0 Å². The van der Waals surface area contributed by atoms with Gasteiger partial charge in [0.25, 0.3) is 5.91 Å². The van der Waals surface area contributed by atoms with Gasteiger partial charge in [0.05, 0.1) is 6.61 Å². The molecule has 6 heteroatoms. The van der Waals surface area contributed by atoms with Crippen molar-refractivity contribution in [2.24, 2.45) is 0 Å². The van der Waals surface area contributed by atoms with Crippen molar-refractivity contribution in [3.8, 4) is 0 Å². The van der Waals surface area contributed by atoms with Gasteiger partial charge in [0.1, 0.15) is 6.10 Å². The molecule has 0 aromatic heterocycles. The van der Waals surface area contributed by atoms with Crippen LogP contribution in [0.4, 0.5) is 0 Å². The molecule has 0 saturated carbocycles. The zero-order chi connectivity index (χ0) is 13.8. The van der Waals surface area contributed by atoms with Crippen LogP contribution in [-0.4, -0.2) is 86.9 Å². The molecular weight excluding hydrogens is 258 g/mol. The maximum atomic E-state index is 12.4. The third kappa shape index (κ3) is 3.31. The van der Waals surface area contributed by atoms with Crippen molar-refractivity contribution in [2.45, 2.75) is 25.0 Å². The molecule has 0 bridgehead atoms. The summed E-state index contributed by atoms with van der Waals surface area (Å²) in [5.74, 6) is 0.156. The van der Waals surface area contributed by atoms with Crippen molar-refractivity contribution < 1.29 is 14.3 Å². The quantitative estimate of drug-likeness (QED) is 0.726. The Morgan fingerprint density at radius 3 is 2.45 bits per heavy atom. The summed E-state index contributed by atoms with van der Waals surface area (Å²) < 4.78 is 11.0. The Labute approximate surface area is 120 Å². The molecular formula is C14H25N3O3. The minimum absolute atomic E-state index is 0.156. The highest BCUT2D eigenvalue weighted by atomic mass is 16.5. The summed E-state index contributed by atoms with van der Waals surface area (Å²) in [6.45, 7) is 7.52. The maximum Gasteiger partial charge on any atom is 0.253 e. The number of carbonyl (C=O) groups is 1. The first-order valence-electron chi connectivity index (χ1n) is 7.77. The first-order chi connectivity index (χ1) is 9.84. The molecule has 1 atom stereocenters. The molecule has 1 unspecified atom stereocenters. The van der Waals surface area contributed by atoms with Crippen LogP contribution in [0, 0.1) is 0 Å². The van der Waals surface area contributed by atoms with Crippen LogP contribution in [0.5, 0.6) is 0 Å². The second kappa shape index (κ2) is 6.85. The Hall–Kier alpha value is -0.690. The highest BCUT2D eigenvalue weighted by molar-refractivity contribution is 5.81. The van der Waals surface area contributed by atoms with Crippen LogP contribution in [0.3, 0.4) is 0 Å². The van der Waals surface area contributed by atoms with E-state index in [0.29, 0.717) is 19.2 Å². The zero-order valence-electron chi connectivity index (χ0n) is 12.1. The molecule has 3 rings (SSSR count). The Bertz CT molecular complexity index is 320. The highest BCUT2D eigenvalue weighted by Crippen LogP contribution is 2.17. The van der Waals surface area contributed by atoms with Crippen LogP contribution in [0.15, 0.2) is 0 Å². The zero-order valence-corrected chi connectivity index (χ0v) is 12.1. The van der Waals surface area contributed by atoms with E-state index < -0.39 is 0 Å². The molecule has 1 amide bonds. The van der Waals surface area contributed by atoms with E-state index in [-0.39, 0.29) is 12.0 Å². The molecule has 0 radical (unpaired) electrons. The molecule has 20 heavy (non-hydrogen) atoms. The van der Waals surface area contributed by atoms with Crippen LogP contribution < -0.4 is 5.32 Å². The molecule has 3 aliphatic rings. The normalized spacial score (nSPS) is 30.4. The Morgan fingerprint density at radius 2 is 1.80 bits per heavy atom. The second-order valence-corrected chi connectivity index (χ2v) is 5.77. The van der Waals surface area contributed by atoms with E-state index >= 15 is 0 Å². The Balaban J connectivity index is 1.46. The topological polar surface area (TPSA) is 54.0 Å². The van der Waals surface area contributed by atoms with Crippen LogP contribution >= 0.6 is 0 Å². The summed E-state index contributed by atoms with van der Waals surface area (Å²) in [5, 5.41) is 3.22. The predicted molar refractivity (Wildman–Crippen MR) is 74.6 cm³/mol. The molecule has 3 aliphatic heterocycles. The van der Waals surface area contributed by atoms with E-state index in [2.05, 4.69) is 10.2 Å². The van der Waals surface area contributed by atoms with Crippen molar-refractivity contribution in [3.05, 3.63) is 0 Å². The molecule has 0 aromatic rings. The largest absolute Gasteiger partial charge is 0.381 e. The monoisotopic (exact) mass is 283 g/mol. The number of nitrogens with one attached hydrogen (secondary N) is 1. The molecule has 0 aromatic carbocycles. The van der Waals surface area contributed by atoms with Crippen LogP contribution in [0.1, 0.15) is 12.8 Å². The smallest absolute Gasteiger partial charge is 0.253 e. The SMILES string of the molecule is O=C(C1CNCCO1)N1CCN(C2CCOCC2)CC1. The van der Waals surface area contributed by atoms with E-state index in [9.17, 15) is 4.79 Å². The van der Waals surface area contributed by atoms with Gasteiger partial charge in [-0.05, 0) is 12.8 Å². The standard InChI is InChI=1S/C14H25N3O3/c18-14(13-11-15-3-10-20-13)17-6-4-16(5-7-17)12-1-8-19-9-2-12/h12-13,15H,1-11H2. The van der Waals surface area contributed by atoms with Gasteiger partial charge in [0.15, 0.2) is 0 Å². The molecule has 6 nitrogen and oxygen atoms in total. The van der Waals surface area contributed by atoms with E-state index in [1.807, 2.05) is 4.90 Å². The lowest BCUT2D eigenvalue weighted by atomic mass is 10.1. The van der Waals surface area contributed by atoms with E-state index in [4.69, 9.17) is 9.47 Å². The summed E-state index contributed by atoms with van der Waals surface area (Å²) in [5.41, 5.74) is 0. The third-order valence-electron chi connectivity index (χ3n) is 4.54. The minimum atomic E-state index is -0.279. The van der Waals surface area contributed by atoms with Crippen molar-refractivity contribution >= 4 is 5.91 Å². The summed E-state index contributed by atoms with van der Waals surface area (Å²) >= 11 is 0. The van der Waals surface area contributed by atoms with Gasteiger partial charge in [-0.1, -0.05) is 0 Å². The van der Waals surface area contributed by atoms with Crippen molar-refractivity contribution in [1.82, 2.24) is 15.1 Å². The van der Waals surface area contributed by atoms with Gasteiger partial charge >= 0.3 is 0 Å². The van der Waals surface area contributed by atoms with Gasteiger partial charge < -0.3 is 19.7 Å². The number of amides is 1. The Morgan fingerprint density at radius 1 is 1.05 bits per heavy atom. The van der Waals surface area contributed by atoms with Crippen molar-refractivity contribution in [3.63, 3.8) is 0 Å². The number of morpholine rings is 1. The van der Waals surface area contributed by atoms with Gasteiger partial charge in [-0.3, -0.25) is 9.69 Å². The van der Waals surface area contributed by atoms with E-state index in [0.717, 1.165) is 58.8 Å². The van der Waals surface area contributed by atoms with Gasteiger partial charge in [-0.2, -0.15) is 0 Å². The minimum Gasteiger partial charge on any atom is -0.381 e. The number of hydrogen-bond acceptors (Lipinski definition) is 5. The average molecular weight is 283 g/mol. The molecule has 3 saturated heterocycles. The predicted octanol–water partition coefficient (Wildman–Crippen LogP) is -0.702. The van der Waals surface area contributed by atoms with E-state index in [1.54, 1.807) is 0 Å². The first kappa shape index (κ1) is 14.3. The molecule has 0 spiro atoms. The summed E-state index contributed by atoms with van der Waals surface area (Å²) in [6.07, 6.45) is 1.98. The number of hydrogen-bond donors (Lipinski definition) is 1. The fraction of sp³-hybridized carbons (Fsp3) is 0.929. The van der Waals surface area contributed by atoms with Gasteiger partial charge in [-0.25, -0.2) is 0 Å². The molecule has 3 fully saturated rings. The van der Waals surface area contributed by atoms with Gasteiger partial charge in [0, 0.05) is 58.5 Å². The number of rotatable bonds is 2. The molecule has 1 N–H and O–H groups in total. The third-order valence-corrected chi connectivity index (χ3v) is 4.54. The number of carbonyl (C=O) groups excluding carboxylic acids is 1. The number of ether oxygens (including phenoxy) is 2. The lowest BCUT2D eigenvalue weighted by molar-refractivity contribution is -0.147. The molecule has 0 aliphatic carbocycles. The average Bonchev–Trinajstić information content (AvgIpc) is 2.56. The highest BCUT2D eigenvalue weighted by Gasteiger charge is 2.31. The van der Waals surface area contributed by atoms with Crippen LogP contribution in [-0.2, 0) is 14.3 Å². The summed E-state index contributed by atoms with van der Waals surface area (Å²) in [6, 6.07) is 0.647. The van der Waals surface area contributed by atoms with Crippen LogP contribution in [0.2, 0.25) is 0 Å². The lowest BCUT2D eigenvalue weighted by Gasteiger charge is -2.41. The fourth-order valence-electron chi connectivity index (χ4n) is 3.29. The van der Waals surface area contributed by atoms with E-state index in [1.165, 1.54) is 0 Å². The van der Waals surface area contributed by atoms with Gasteiger partial charge in [-0.15, -0.1) is 0 Å². The summed E-state index contributed by atoms with van der Waals surface area (Å²) in [7, 11) is 0. The first-order valence-corrected chi connectivity index (χ1v) is 7.77. The fourth-order valence-corrected chi connectivity index (χ4v) is 3.29. The van der Waals surface area contributed by atoms with Crippen molar-refractivity contribution in [1.29, 1.82) is 0 Å². The molecule has 3 heterocycles. The number of piperazine rings is 1.